The largest absolute Gasteiger partial charge is 0.491 e. The summed E-state index contributed by atoms with van der Waals surface area (Å²) in [4.78, 5) is 4.30. The number of hydrogen-bond donors (Lipinski definition) is 0. The third kappa shape index (κ3) is 2.84. The molecule has 0 unspecified atom stereocenters. The van der Waals surface area contributed by atoms with Crippen LogP contribution >= 0.6 is 0 Å². The van der Waals surface area contributed by atoms with Crippen molar-refractivity contribution in [1.82, 2.24) is 4.98 Å². The average molecular weight is 227 g/mol. The zero-order chi connectivity index (χ0) is 12.3. The van der Waals surface area contributed by atoms with Crippen LogP contribution in [0.15, 0.2) is 42.6 Å². The van der Waals surface area contributed by atoms with E-state index in [0.29, 0.717) is 0 Å². The Bertz CT molecular complexity index is 489. The maximum absolute atomic E-state index is 5.62. The van der Waals surface area contributed by atoms with Crippen molar-refractivity contribution in [2.45, 2.75) is 26.9 Å². The molecule has 0 aliphatic rings. The normalized spacial score (nSPS) is 10.6. The summed E-state index contributed by atoms with van der Waals surface area (Å²) in [5.74, 6) is 0.908. The molecule has 17 heavy (non-hydrogen) atoms. The van der Waals surface area contributed by atoms with Crippen molar-refractivity contribution in [1.29, 1.82) is 0 Å². The molecule has 1 heterocycles. The minimum absolute atomic E-state index is 0.209. The molecule has 0 aliphatic carbocycles. The maximum atomic E-state index is 5.62. The quantitative estimate of drug-likeness (QED) is 0.794. The van der Waals surface area contributed by atoms with E-state index in [1.807, 2.05) is 45.2 Å². The molecule has 0 radical (unpaired) electrons. The molecule has 1 aromatic carbocycles. The Hall–Kier alpha value is -1.83. The lowest BCUT2D eigenvalue weighted by Gasteiger charge is -2.10. The van der Waals surface area contributed by atoms with Crippen LogP contribution in [-0.4, -0.2) is 11.1 Å². The molecule has 2 nitrogen and oxygen atoms in total. The third-order valence-electron chi connectivity index (χ3n) is 2.54. The van der Waals surface area contributed by atoms with Crippen LogP contribution in [0.2, 0.25) is 0 Å². The van der Waals surface area contributed by atoms with E-state index in [-0.39, 0.29) is 6.10 Å². The Morgan fingerprint density at radius 3 is 2.35 bits per heavy atom. The van der Waals surface area contributed by atoms with Crippen LogP contribution < -0.4 is 4.74 Å². The van der Waals surface area contributed by atoms with Gasteiger partial charge in [-0.1, -0.05) is 18.2 Å². The zero-order valence-electron chi connectivity index (χ0n) is 10.5. The number of ether oxygens (including phenoxy) is 1. The molecule has 0 saturated carbocycles. The van der Waals surface area contributed by atoms with Crippen molar-refractivity contribution < 1.29 is 4.74 Å². The molecule has 0 spiro atoms. The predicted molar refractivity (Wildman–Crippen MR) is 70.2 cm³/mol. The minimum Gasteiger partial charge on any atom is -0.491 e. The summed E-state index contributed by atoms with van der Waals surface area (Å²) < 4.78 is 5.62. The molecule has 0 fully saturated rings. The number of aromatic nitrogens is 1. The van der Waals surface area contributed by atoms with Crippen molar-refractivity contribution >= 4 is 0 Å². The molecule has 0 amide bonds. The van der Waals surface area contributed by atoms with Gasteiger partial charge in [-0.25, -0.2) is 0 Å². The predicted octanol–water partition coefficient (Wildman–Crippen LogP) is 3.84. The SMILES string of the molecule is Cc1ncccc1-c1ccc(OC(C)C)cc1. The van der Waals surface area contributed by atoms with E-state index in [9.17, 15) is 0 Å². The molecular weight excluding hydrogens is 210 g/mol. The highest BCUT2D eigenvalue weighted by atomic mass is 16.5. The second kappa shape index (κ2) is 5.00. The summed E-state index contributed by atoms with van der Waals surface area (Å²) in [5.41, 5.74) is 3.39. The van der Waals surface area contributed by atoms with Crippen molar-refractivity contribution in [3.05, 3.63) is 48.3 Å². The highest BCUT2D eigenvalue weighted by molar-refractivity contribution is 5.66. The van der Waals surface area contributed by atoms with Crippen LogP contribution in [0.1, 0.15) is 19.5 Å². The van der Waals surface area contributed by atoms with Gasteiger partial charge >= 0.3 is 0 Å². The first-order valence-corrected chi connectivity index (χ1v) is 5.85. The molecule has 0 atom stereocenters. The van der Waals surface area contributed by atoms with Gasteiger partial charge in [0.05, 0.1) is 6.10 Å². The first-order valence-electron chi connectivity index (χ1n) is 5.85. The number of benzene rings is 1. The van der Waals surface area contributed by atoms with Gasteiger partial charge < -0.3 is 4.74 Å². The lowest BCUT2D eigenvalue weighted by Crippen LogP contribution is -2.05. The van der Waals surface area contributed by atoms with Gasteiger partial charge in [-0.2, -0.15) is 0 Å². The molecule has 0 N–H and O–H groups in total. The number of hydrogen-bond acceptors (Lipinski definition) is 2. The van der Waals surface area contributed by atoms with Crippen molar-refractivity contribution in [3.8, 4) is 16.9 Å². The van der Waals surface area contributed by atoms with E-state index < -0.39 is 0 Å². The van der Waals surface area contributed by atoms with Crippen molar-refractivity contribution in [3.63, 3.8) is 0 Å². The van der Waals surface area contributed by atoms with Crippen molar-refractivity contribution in [2.24, 2.45) is 0 Å². The van der Waals surface area contributed by atoms with E-state index >= 15 is 0 Å². The van der Waals surface area contributed by atoms with Gasteiger partial charge in [0.15, 0.2) is 0 Å². The van der Waals surface area contributed by atoms with E-state index in [1.165, 1.54) is 11.1 Å². The van der Waals surface area contributed by atoms with Gasteiger partial charge in [0, 0.05) is 17.5 Å². The lowest BCUT2D eigenvalue weighted by molar-refractivity contribution is 0.242. The number of rotatable bonds is 3. The molecule has 1 aromatic heterocycles. The van der Waals surface area contributed by atoms with E-state index in [0.717, 1.165) is 11.4 Å². The Labute approximate surface area is 102 Å². The van der Waals surface area contributed by atoms with E-state index in [4.69, 9.17) is 4.74 Å². The fourth-order valence-corrected chi connectivity index (χ4v) is 1.77. The van der Waals surface area contributed by atoms with Crippen LogP contribution in [0, 0.1) is 6.92 Å². The summed E-state index contributed by atoms with van der Waals surface area (Å²) in [5, 5.41) is 0. The molecule has 2 heteroatoms. The second-order valence-corrected chi connectivity index (χ2v) is 4.33. The van der Waals surface area contributed by atoms with Gasteiger partial charge in [0.2, 0.25) is 0 Å². The van der Waals surface area contributed by atoms with E-state index in [1.54, 1.807) is 0 Å². The number of pyridine rings is 1. The molecule has 2 aromatic rings. The Balaban J connectivity index is 2.27. The fourth-order valence-electron chi connectivity index (χ4n) is 1.77. The molecule has 0 saturated heterocycles. The van der Waals surface area contributed by atoms with Crippen LogP contribution in [0.4, 0.5) is 0 Å². The average Bonchev–Trinajstić information content (AvgIpc) is 2.30. The third-order valence-corrected chi connectivity index (χ3v) is 2.54. The van der Waals surface area contributed by atoms with Gasteiger partial charge in [-0.3, -0.25) is 4.98 Å². The van der Waals surface area contributed by atoms with E-state index in [2.05, 4.69) is 23.2 Å². The van der Waals surface area contributed by atoms with Crippen LogP contribution in [0.25, 0.3) is 11.1 Å². The van der Waals surface area contributed by atoms with Crippen LogP contribution in [0.5, 0.6) is 5.75 Å². The molecule has 0 bridgehead atoms. The smallest absolute Gasteiger partial charge is 0.119 e. The van der Waals surface area contributed by atoms with Crippen LogP contribution in [-0.2, 0) is 0 Å². The van der Waals surface area contributed by atoms with Gasteiger partial charge in [-0.05, 0) is 44.5 Å². The maximum Gasteiger partial charge on any atom is 0.119 e. The second-order valence-electron chi connectivity index (χ2n) is 4.33. The molecule has 2 rings (SSSR count). The summed E-state index contributed by atoms with van der Waals surface area (Å²) in [7, 11) is 0. The monoisotopic (exact) mass is 227 g/mol. The standard InChI is InChI=1S/C15H17NO/c1-11(2)17-14-8-6-13(7-9-14)15-5-4-10-16-12(15)3/h4-11H,1-3H3. The van der Waals surface area contributed by atoms with Crippen molar-refractivity contribution in [2.75, 3.05) is 0 Å². The first-order chi connectivity index (χ1) is 8.16. The minimum atomic E-state index is 0.209. The number of nitrogens with zero attached hydrogens (tertiary/aromatic N) is 1. The summed E-state index contributed by atoms with van der Waals surface area (Å²) in [6.45, 7) is 6.08. The summed E-state index contributed by atoms with van der Waals surface area (Å²) in [6, 6.07) is 12.2. The molecular formula is C15H17NO. The number of aryl methyl sites for hydroxylation is 1. The molecule has 88 valence electrons. The highest BCUT2D eigenvalue weighted by Crippen LogP contribution is 2.24. The fraction of sp³-hybridized carbons (Fsp3) is 0.267. The van der Waals surface area contributed by atoms with Crippen LogP contribution in [0.3, 0.4) is 0 Å². The lowest BCUT2D eigenvalue weighted by atomic mass is 10.0. The van der Waals surface area contributed by atoms with Gasteiger partial charge in [0.25, 0.3) is 0 Å². The topological polar surface area (TPSA) is 22.1 Å². The van der Waals surface area contributed by atoms with Gasteiger partial charge in [-0.15, -0.1) is 0 Å². The Morgan fingerprint density at radius 1 is 1.06 bits per heavy atom. The highest BCUT2D eigenvalue weighted by Gasteiger charge is 2.03. The summed E-state index contributed by atoms with van der Waals surface area (Å²) in [6.07, 6.45) is 2.02. The summed E-state index contributed by atoms with van der Waals surface area (Å²) >= 11 is 0. The molecule has 0 aliphatic heterocycles. The Morgan fingerprint density at radius 2 is 1.76 bits per heavy atom. The Kier molecular flexibility index (Phi) is 3.43. The first kappa shape index (κ1) is 11.6. The van der Waals surface area contributed by atoms with Gasteiger partial charge in [0.1, 0.15) is 5.75 Å². The zero-order valence-corrected chi connectivity index (χ0v) is 10.5.